The Labute approximate surface area is 210 Å². The van der Waals surface area contributed by atoms with Gasteiger partial charge in [0.05, 0.1) is 6.04 Å². The Morgan fingerprint density at radius 3 is 1.91 bits per heavy atom. The summed E-state index contributed by atoms with van der Waals surface area (Å²) in [6.45, 7) is 3.15. The van der Waals surface area contributed by atoms with Crippen molar-refractivity contribution in [1.29, 1.82) is 0 Å². The largest absolute Gasteiger partial charge is 0.378 e. The van der Waals surface area contributed by atoms with E-state index in [1.807, 2.05) is 67.6 Å². The Kier molecular flexibility index (Phi) is 7.45. The molecule has 3 fully saturated rings. The van der Waals surface area contributed by atoms with E-state index >= 15 is 0 Å². The molecule has 2 bridgehead atoms. The molecule has 35 heavy (non-hydrogen) atoms. The zero-order valence-electron chi connectivity index (χ0n) is 21.0. The average molecular weight is 476 g/mol. The summed E-state index contributed by atoms with van der Waals surface area (Å²) in [4.78, 5) is 15.7. The quantitative estimate of drug-likeness (QED) is 0.493. The first-order valence-corrected chi connectivity index (χ1v) is 13.7. The molecule has 2 aliphatic heterocycles. The number of urea groups is 1. The Morgan fingerprint density at radius 1 is 0.886 bits per heavy atom. The SMILES string of the molecule is C[C@H](NC(=O)N[C@H]1CC[C@H](CCN2C3CCC2CC3)CC1)C(O)(c1ccccc1)c1ccccc1. The Hall–Kier alpha value is -2.37. The fraction of sp³-hybridized carbons (Fsp3) is 0.567. The molecule has 2 aromatic carbocycles. The van der Waals surface area contributed by atoms with Crippen molar-refractivity contribution in [1.82, 2.24) is 15.5 Å². The van der Waals surface area contributed by atoms with E-state index < -0.39 is 11.6 Å². The first-order valence-electron chi connectivity index (χ1n) is 13.7. The lowest BCUT2D eigenvalue weighted by atomic mass is 9.81. The molecule has 188 valence electrons. The van der Waals surface area contributed by atoms with Crippen LogP contribution in [0.25, 0.3) is 0 Å². The lowest BCUT2D eigenvalue weighted by Gasteiger charge is -2.36. The summed E-state index contributed by atoms with van der Waals surface area (Å²) >= 11 is 0. The summed E-state index contributed by atoms with van der Waals surface area (Å²) in [5.41, 5.74) is 0.226. The zero-order valence-corrected chi connectivity index (χ0v) is 21.0. The summed E-state index contributed by atoms with van der Waals surface area (Å²) in [5, 5.41) is 18.1. The van der Waals surface area contributed by atoms with Crippen molar-refractivity contribution >= 4 is 6.03 Å². The van der Waals surface area contributed by atoms with Crippen LogP contribution in [0.4, 0.5) is 4.79 Å². The Morgan fingerprint density at radius 2 is 1.40 bits per heavy atom. The highest BCUT2D eigenvalue weighted by Gasteiger charge is 2.40. The van der Waals surface area contributed by atoms with Crippen LogP contribution in [0.3, 0.4) is 0 Å². The van der Waals surface area contributed by atoms with Gasteiger partial charge in [-0.15, -0.1) is 0 Å². The molecule has 0 spiro atoms. The van der Waals surface area contributed by atoms with Gasteiger partial charge in [-0.3, -0.25) is 4.90 Å². The molecule has 2 amide bonds. The van der Waals surface area contributed by atoms with Crippen LogP contribution >= 0.6 is 0 Å². The molecule has 3 aliphatic rings. The van der Waals surface area contributed by atoms with E-state index in [4.69, 9.17) is 0 Å². The molecular weight excluding hydrogens is 434 g/mol. The van der Waals surface area contributed by atoms with Crippen LogP contribution in [-0.4, -0.2) is 46.7 Å². The second-order valence-corrected chi connectivity index (χ2v) is 11.0. The maximum atomic E-state index is 13.0. The molecule has 2 heterocycles. The van der Waals surface area contributed by atoms with Crippen LogP contribution in [0.5, 0.6) is 0 Å². The molecule has 1 aliphatic carbocycles. The van der Waals surface area contributed by atoms with Crippen molar-refractivity contribution in [2.24, 2.45) is 5.92 Å². The maximum Gasteiger partial charge on any atom is 0.315 e. The number of aliphatic hydroxyl groups is 1. The van der Waals surface area contributed by atoms with E-state index in [1.165, 1.54) is 51.5 Å². The van der Waals surface area contributed by atoms with Crippen LogP contribution in [0, 0.1) is 5.92 Å². The number of amides is 2. The van der Waals surface area contributed by atoms with Crippen LogP contribution in [0.2, 0.25) is 0 Å². The number of rotatable bonds is 8. The number of benzene rings is 2. The first kappa shape index (κ1) is 24.3. The van der Waals surface area contributed by atoms with Crippen molar-refractivity contribution in [3.8, 4) is 0 Å². The second-order valence-electron chi connectivity index (χ2n) is 11.0. The minimum atomic E-state index is -1.31. The van der Waals surface area contributed by atoms with Gasteiger partial charge in [0.25, 0.3) is 0 Å². The highest BCUT2D eigenvalue weighted by Crippen LogP contribution is 2.38. The second kappa shape index (κ2) is 10.7. The number of nitrogens with one attached hydrogen (secondary N) is 2. The van der Waals surface area contributed by atoms with Gasteiger partial charge in [0, 0.05) is 18.1 Å². The predicted octanol–water partition coefficient (Wildman–Crippen LogP) is 5.19. The molecule has 5 rings (SSSR count). The van der Waals surface area contributed by atoms with Gasteiger partial charge in [0.1, 0.15) is 5.60 Å². The third-order valence-electron chi connectivity index (χ3n) is 8.98. The number of carbonyl (C=O) groups excluding carboxylic acids is 1. The Balaban J connectivity index is 1.13. The predicted molar refractivity (Wildman–Crippen MR) is 140 cm³/mol. The van der Waals surface area contributed by atoms with E-state index in [0.29, 0.717) is 0 Å². The molecular formula is C30H41N3O2. The standard InChI is InChI=1S/C30H41N3O2/c1-22(30(35,24-8-4-2-5-9-24)25-10-6-3-7-11-25)31-29(34)32-26-14-12-23(13-15-26)20-21-33-27-16-17-28(33)19-18-27/h2-11,22-23,26-28,35H,12-21H2,1H3,(H2,31,32,34)/t22-,23-,26-,27?,28?/m0/s1. The maximum absolute atomic E-state index is 13.0. The van der Waals surface area contributed by atoms with E-state index in [-0.39, 0.29) is 12.1 Å². The molecule has 2 aromatic rings. The lowest BCUT2D eigenvalue weighted by Crippen LogP contribution is -2.54. The highest BCUT2D eigenvalue weighted by atomic mass is 16.3. The first-order chi connectivity index (χ1) is 17.0. The van der Waals surface area contributed by atoms with Crippen molar-refractivity contribution in [3.05, 3.63) is 71.8 Å². The lowest BCUT2D eigenvalue weighted by molar-refractivity contribution is 0.0470. The summed E-state index contributed by atoms with van der Waals surface area (Å²) in [5.74, 6) is 0.788. The van der Waals surface area contributed by atoms with E-state index in [0.717, 1.165) is 42.0 Å². The van der Waals surface area contributed by atoms with Crippen molar-refractivity contribution in [2.75, 3.05) is 6.54 Å². The van der Waals surface area contributed by atoms with Crippen molar-refractivity contribution < 1.29 is 9.90 Å². The summed E-state index contributed by atoms with van der Waals surface area (Å²) in [7, 11) is 0. The summed E-state index contributed by atoms with van der Waals surface area (Å²) < 4.78 is 0. The zero-order chi connectivity index (χ0) is 24.3. The number of hydrogen-bond acceptors (Lipinski definition) is 3. The van der Waals surface area contributed by atoms with Gasteiger partial charge in [-0.1, -0.05) is 60.7 Å². The smallest absolute Gasteiger partial charge is 0.315 e. The molecule has 2 saturated heterocycles. The number of carbonyl (C=O) groups is 1. The van der Waals surface area contributed by atoms with Gasteiger partial charge in [0.2, 0.25) is 0 Å². The molecule has 5 nitrogen and oxygen atoms in total. The van der Waals surface area contributed by atoms with Gasteiger partial charge in [0.15, 0.2) is 0 Å². The number of hydrogen-bond donors (Lipinski definition) is 3. The van der Waals surface area contributed by atoms with Gasteiger partial charge in [-0.25, -0.2) is 4.79 Å². The van der Waals surface area contributed by atoms with Crippen molar-refractivity contribution in [3.63, 3.8) is 0 Å². The van der Waals surface area contributed by atoms with Gasteiger partial charge in [-0.2, -0.15) is 0 Å². The number of nitrogens with zero attached hydrogens (tertiary/aromatic N) is 1. The topological polar surface area (TPSA) is 64.6 Å². The monoisotopic (exact) mass is 475 g/mol. The van der Waals surface area contributed by atoms with E-state index in [2.05, 4.69) is 15.5 Å². The fourth-order valence-corrected chi connectivity index (χ4v) is 6.89. The average Bonchev–Trinajstić information content (AvgIpc) is 3.48. The molecule has 1 saturated carbocycles. The fourth-order valence-electron chi connectivity index (χ4n) is 6.89. The Bertz CT molecular complexity index is 899. The van der Waals surface area contributed by atoms with E-state index in [9.17, 15) is 9.90 Å². The summed E-state index contributed by atoms with van der Waals surface area (Å²) in [6, 6.07) is 20.5. The molecule has 1 atom stereocenters. The minimum absolute atomic E-state index is 0.195. The molecule has 0 unspecified atom stereocenters. The summed E-state index contributed by atoms with van der Waals surface area (Å²) in [6.07, 6.45) is 11.4. The molecule has 5 heteroatoms. The van der Waals surface area contributed by atoms with Gasteiger partial charge in [-0.05, 0) is 88.3 Å². The van der Waals surface area contributed by atoms with Crippen LogP contribution in [0.1, 0.15) is 75.8 Å². The molecule has 3 N–H and O–H groups in total. The van der Waals surface area contributed by atoms with Crippen molar-refractivity contribution in [2.45, 2.75) is 94.5 Å². The minimum Gasteiger partial charge on any atom is -0.378 e. The van der Waals surface area contributed by atoms with Crippen LogP contribution < -0.4 is 10.6 Å². The van der Waals surface area contributed by atoms with Gasteiger partial charge < -0.3 is 15.7 Å². The third kappa shape index (κ3) is 5.26. The molecule has 0 aromatic heterocycles. The van der Waals surface area contributed by atoms with Crippen LogP contribution in [0.15, 0.2) is 60.7 Å². The molecule has 0 radical (unpaired) electrons. The number of fused-ring (bicyclic) bond motifs is 2. The van der Waals surface area contributed by atoms with Crippen LogP contribution in [-0.2, 0) is 5.60 Å². The third-order valence-corrected chi connectivity index (χ3v) is 8.98. The van der Waals surface area contributed by atoms with Gasteiger partial charge >= 0.3 is 6.03 Å². The normalized spacial score (nSPS) is 27.5. The highest BCUT2D eigenvalue weighted by molar-refractivity contribution is 5.75. The van der Waals surface area contributed by atoms with E-state index in [1.54, 1.807) is 0 Å².